The number of carbonyl (C=O) groups excluding carboxylic acids is 1. The first-order chi connectivity index (χ1) is 12.6. The fourth-order valence-electron chi connectivity index (χ4n) is 2.75. The van der Waals surface area contributed by atoms with E-state index in [4.69, 9.17) is 9.84 Å². The topological polar surface area (TPSA) is 95.2 Å². The molecule has 0 saturated heterocycles. The van der Waals surface area contributed by atoms with Gasteiger partial charge in [-0.3, -0.25) is 0 Å². The third kappa shape index (κ3) is 2.95. The second kappa shape index (κ2) is 6.25. The molecule has 0 radical (unpaired) electrons. The van der Waals surface area contributed by atoms with Gasteiger partial charge in [0, 0.05) is 22.7 Å². The smallest absolute Gasteiger partial charge is 0.360 e. The Bertz CT molecular complexity index is 1110. The zero-order chi connectivity index (χ0) is 18.1. The number of aromatic amines is 2. The molecule has 2 aromatic carbocycles. The highest BCUT2D eigenvalue weighted by molar-refractivity contribution is 5.95. The number of benzene rings is 2. The number of aromatic nitrogens is 2. The van der Waals surface area contributed by atoms with Crippen molar-refractivity contribution in [2.45, 2.75) is 0 Å². The lowest BCUT2D eigenvalue weighted by Crippen LogP contribution is -2.08. The van der Waals surface area contributed by atoms with Crippen LogP contribution in [0, 0.1) is 0 Å². The number of fused-ring (bicyclic) bond motifs is 1. The van der Waals surface area contributed by atoms with E-state index in [1.807, 2.05) is 36.4 Å². The number of ether oxygens (including phenoxy) is 1. The van der Waals surface area contributed by atoms with Gasteiger partial charge < -0.3 is 19.8 Å². The van der Waals surface area contributed by atoms with E-state index < -0.39 is 11.9 Å². The molecule has 2 aromatic heterocycles. The summed E-state index contributed by atoms with van der Waals surface area (Å²) in [6.07, 6.45) is 0. The SMILES string of the molecule is O=C(O)c1cc2ccc(OC(=O)c3ccc(-c4ccccc4)[nH]3)cc2[nH]1. The molecule has 0 unspecified atom stereocenters. The Morgan fingerprint density at radius 1 is 0.846 bits per heavy atom. The molecule has 0 saturated carbocycles. The number of hydrogen-bond donors (Lipinski definition) is 3. The number of nitrogens with one attached hydrogen (secondary N) is 2. The second-order valence-corrected chi connectivity index (χ2v) is 5.78. The van der Waals surface area contributed by atoms with Crippen LogP contribution in [0.5, 0.6) is 5.75 Å². The highest BCUT2D eigenvalue weighted by Gasteiger charge is 2.13. The van der Waals surface area contributed by atoms with Crippen molar-refractivity contribution in [1.29, 1.82) is 0 Å². The molecule has 0 fully saturated rings. The average molecular weight is 346 g/mol. The van der Waals surface area contributed by atoms with Crippen LogP contribution in [-0.2, 0) is 0 Å². The van der Waals surface area contributed by atoms with Gasteiger partial charge in [0.2, 0.25) is 0 Å². The highest BCUT2D eigenvalue weighted by atomic mass is 16.5. The van der Waals surface area contributed by atoms with E-state index in [0.717, 1.165) is 16.6 Å². The molecular weight excluding hydrogens is 332 g/mol. The molecule has 4 rings (SSSR count). The molecule has 3 N–H and O–H groups in total. The van der Waals surface area contributed by atoms with Crippen LogP contribution in [0.4, 0.5) is 0 Å². The van der Waals surface area contributed by atoms with Crippen molar-refractivity contribution in [1.82, 2.24) is 9.97 Å². The highest BCUT2D eigenvalue weighted by Crippen LogP contribution is 2.23. The summed E-state index contributed by atoms with van der Waals surface area (Å²) in [6, 6.07) is 19.6. The van der Waals surface area contributed by atoms with Crippen molar-refractivity contribution in [3.8, 4) is 17.0 Å². The van der Waals surface area contributed by atoms with Crippen LogP contribution < -0.4 is 4.74 Å². The Morgan fingerprint density at radius 3 is 2.42 bits per heavy atom. The second-order valence-electron chi connectivity index (χ2n) is 5.78. The molecule has 0 aliphatic heterocycles. The molecule has 0 bridgehead atoms. The third-order valence-electron chi connectivity index (χ3n) is 4.03. The van der Waals surface area contributed by atoms with Gasteiger partial charge in [0.05, 0.1) is 0 Å². The lowest BCUT2D eigenvalue weighted by molar-refractivity contribution is 0.0688. The van der Waals surface area contributed by atoms with Crippen molar-refractivity contribution in [3.05, 3.63) is 78.1 Å². The van der Waals surface area contributed by atoms with Gasteiger partial charge in [-0.1, -0.05) is 30.3 Å². The van der Waals surface area contributed by atoms with E-state index in [1.165, 1.54) is 6.07 Å². The number of aromatic carboxylic acids is 1. The first-order valence-corrected chi connectivity index (χ1v) is 7.93. The van der Waals surface area contributed by atoms with Crippen molar-refractivity contribution >= 4 is 22.8 Å². The number of carboxylic acid groups (broad SMARTS) is 1. The molecule has 0 aliphatic rings. The Kier molecular flexibility index (Phi) is 3.78. The minimum Gasteiger partial charge on any atom is -0.477 e. The maximum Gasteiger partial charge on any atom is 0.360 e. The maximum absolute atomic E-state index is 12.4. The Morgan fingerprint density at radius 2 is 1.65 bits per heavy atom. The summed E-state index contributed by atoms with van der Waals surface area (Å²) in [5.41, 5.74) is 2.80. The van der Waals surface area contributed by atoms with Crippen LogP contribution in [0.15, 0.2) is 66.7 Å². The summed E-state index contributed by atoms with van der Waals surface area (Å²) >= 11 is 0. The first-order valence-electron chi connectivity index (χ1n) is 7.93. The maximum atomic E-state index is 12.4. The van der Waals surface area contributed by atoms with Gasteiger partial charge in [-0.15, -0.1) is 0 Å². The molecule has 6 nitrogen and oxygen atoms in total. The number of H-pyrrole nitrogens is 2. The van der Waals surface area contributed by atoms with Crippen LogP contribution in [0.2, 0.25) is 0 Å². The third-order valence-corrected chi connectivity index (χ3v) is 4.03. The number of esters is 1. The van der Waals surface area contributed by atoms with Crippen LogP contribution in [-0.4, -0.2) is 27.0 Å². The lowest BCUT2D eigenvalue weighted by Gasteiger charge is -2.03. The molecule has 0 amide bonds. The average Bonchev–Trinajstić information content (AvgIpc) is 3.29. The van der Waals surface area contributed by atoms with Gasteiger partial charge in [0.1, 0.15) is 17.1 Å². The number of carbonyl (C=O) groups is 2. The zero-order valence-corrected chi connectivity index (χ0v) is 13.5. The quantitative estimate of drug-likeness (QED) is 0.383. The zero-order valence-electron chi connectivity index (χ0n) is 13.5. The van der Waals surface area contributed by atoms with E-state index >= 15 is 0 Å². The summed E-state index contributed by atoms with van der Waals surface area (Å²) in [5, 5.41) is 9.75. The van der Waals surface area contributed by atoms with Gasteiger partial charge in [0.25, 0.3) is 0 Å². The van der Waals surface area contributed by atoms with E-state index in [1.54, 1.807) is 24.3 Å². The molecule has 4 aromatic rings. The van der Waals surface area contributed by atoms with E-state index in [0.29, 0.717) is 17.0 Å². The van der Waals surface area contributed by atoms with Crippen LogP contribution in [0.25, 0.3) is 22.2 Å². The van der Waals surface area contributed by atoms with Gasteiger partial charge in [-0.25, -0.2) is 9.59 Å². The Hall–Kier alpha value is -3.80. The summed E-state index contributed by atoms with van der Waals surface area (Å²) < 4.78 is 5.39. The van der Waals surface area contributed by atoms with Crippen molar-refractivity contribution < 1.29 is 19.4 Å². The molecule has 128 valence electrons. The summed E-state index contributed by atoms with van der Waals surface area (Å²) in [4.78, 5) is 29.2. The molecule has 26 heavy (non-hydrogen) atoms. The van der Waals surface area contributed by atoms with Gasteiger partial charge in [-0.05, 0) is 35.9 Å². The van der Waals surface area contributed by atoms with Gasteiger partial charge in [0.15, 0.2) is 0 Å². The lowest BCUT2D eigenvalue weighted by atomic mass is 10.2. The number of rotatable bonds is 4. The fraction of sp³-hybridized carbons (Fsp3) is 0. The molecular formula is C20H14N2O4. The molecule has 0 aliphatic carbocycles. The van der Waals surface area contributed by atoms with Crippen LogP contribution in [0.1, 0.15) is 21.0 Å². The van der Waals surface area contributed by atoms with Crippen molar-refractivity contribution in [2.24, 2.45) is 0 Å². The van der Waals surface area contributed by atoms with Crippen molar-refractivity contribution in [3.63, 3.8) is 0 Å². The number of hydrogen-bond acceptors (Lipinski definition) is 3. The monoisotopic (exact) mass is 346 g/mol. The van der Waals surface area contributed by atoms with E-state index in [9.17, 15) is 9.59 Å². The molecule has 6 heteroatoms. The summed E-state index contributed by atoms with van der Waals surface area (Å²) in [7, 11) is 0. The summed E-state index contributed by atoms with van der Waals surface area (Å²) in [5.74, 6) is -1.23. The molecule has 0 atom stereocenters. The summed E-state index contributed by atoms with van der Waals surface area (Å²) in [6.45, 7) is 0. The van der Waals surface area contributed by atoms with Gasteiger partial charge in [-0.2, -0.15) is 0 Å². The van der Waals surface area contributed by atoms with Crippen LogP contribution in [0.3, 0.4) is 0 Å². The van der Waals surface area contributed by atoms with E-state index in [-0.39, 0.29) is 5.69 Å². The minimum atomic E-state index is -1.04. The Balaban J connectivity index is 1.55. The molecule has 0 spiro atoms. The first kappa shape index (κ1) is 15.7. The normalized spacial score (nSPS) is 10.8. The minimum absolute atomic E-state index is 0.0837. The standard InChI is InChI=1S/C20H14N2O4/c23-19(24)18-10-13-6-7-14(11-17(13)22-18)26-20(25)16-9-8-15(21-16)12-4-2-1-3-5-12/h1-11,21-22H,(H,23,24). The van der Waals surface area contributed by atoms with E-state index in [2.05, 4.69) is 9.97 Å². The largest absolute Gasteiger partial charge is 0.477 e. The van der Waals surface area contributed by atoms with Crippen molar-refractivity contribution in [2.75, 3.05) is 0 Å². The van der Waals surface area contributed by atoms with Crippen LogP contribution >= 0.6 is 0 Å². The predicted octanol–water partition coefficient (Wildman–Crippen LogP) is 4.08. The predicted molar refractivity (Wildman–Crippen MR) is 96.4 cm³/mol. The molecule has 2 heterocycles. The fourth-order valence-corrected chi connectivity index (χ4v) is 2.75. The Labute approximate surface area is 148 Å². The van der Waals surface area contributed by atoms with Gasteiger partial charge >= 0.3 is 11.9 Å². The number of carboxylic acids is 1.